The number of hydrazone groups is 1. The maximum absolute atomic E-state index is 12.3. The van der Waals surface area contributed by atoms with E-state index in [1.807, 2.05) is 97.1 Å². The van der Waals surface area contributed by atoms with E-state index in [9.17, 15) is 4.79 Å². The fourth-order valence-corrected chi connectivity index (χ4v) is 3.27. The summed E-state index contributed by atoms with van der Waals surface area (Å²) in [6, 6.07) is 35.2. The van der Waals surface area contributed by atoms with Gasteiger partial charge in [0.15, 0.2) is 6.10 Å². The van der Waals surface area contributed by atoms with Gasteiger partial charge in [0, 0.05) is 0 Å². The van der Waals surface area contributed by atoms with Gasteiger partial charge in [-0.2, -0.15) is 5.10 Å². The Morgan fingerprint density at radius 2 is 1.38 bits per heavy atom. The van der Waals surface area contributed by atoms with E-state index in [-0.39, 0.29) is 5.91 Å². The number of nitrogens with one attached hydrogen (secondary N) is 1. The zero-order valence-corrected chi connectivity index (χ0v) is 18.9. The predicted octanol–water partition coefficient (Wildman–Crippen LogP) is 5.85. The molecule has 0 saturated carbocycles. The zero-order valence-electron chi connectivity index (χ0n) is 18.9. The van der Waals surface area contributed by atoms with Crippen LogP contribution in [0.2, 0.25) is 0 Å². The van der Waals surface area contributed by atoms with Crippen molar-refractivity contribution in [3.8, 4) is 22.6 Å². The molecule has 0 radical (unpaired) electrons. The van der Waals surface area contributed by atoms with Crippen LogP contribution in [0.4, 0.5) is 0 Å². The fourth-order valence-electron chi connectivity index (χ4n) is 3.27. The summed E-state index contributed by atoms with van der Waals surface area (Å²) in [5.74, 6) is 1.06. The molecule has 0 saturated heterocycles. The van der Waals surface area contributed by atoms with Crippen LogP contribution < -0.4 is 14.9 Å². The van der Waals surface area contributed by atoms with Gasteiger partial charge < -0.3 is 9.47 Å². The van der Waals surface area contributed by atoms with E-state index in [1.54, 1.807) is 13.1 Å². The molecule has 0 aliphatic carbocycles. The number of hydrogen-bond acceptors (Lipinski definition) is 4. The lowest BCUT2D eigenvalue weighted by molar-refractivity contribution is -0.127. The van der Waals surface area contributed by atoms with Crippen molar-refractivity contribution in [1.82, 2.24) is 5.43 Å². The quantitative estimate of drug-likeness (QED) is 0.257. The highest BCUT2D eigenvalue weighted by Gasteiger charge is 2.14. The zero-order chi connectivity index (χ0) is 23.6. The third kappa shape index (κ3) is 6.56. The van der Waals surface area contributed by atoms with Crippen molar-refractivity contribution in [3.63, 3.8) is 0 Å². The van der Waals surface area contributed by atoms with Gasteiger partial charge in [-0.15, -0.1) is 0 Å². The topological polar surface area (TPSA) is 59.9 Å². The Morgan fingerprint density at radius 3 is 2.06 bits per heavy atom. The molecule has 1 amide bonds. The molecule has 0 bridgehead atoms. The molecule has 4 aromatic rings. The van der Waals surface area contributed by atoms with Crippen LogP contribution in [0.1, 0.15) is 18.1 Å². The summed E-state index contributed by atoms with van der Waals surface area (Å²) in [4.78, 5) is 12.3. The lowest BCUT2D eigenvalue weighted by Gasteiger charge is -2.13. The van der Waals surface area contributed by atoms with Crippen LogP contribution in [0, 0.1) is 0 Å². The van der Waals surface area contributed by atoms with E-state index < -0.39 is 6.10 Å². The van der Waals surface area contributed by atoms with Gasteiger partial charge in [-0.3, -0.25) is 4.79 Å². The summed E-state index contributed by atoms with van der Waals surface area (Å²) in [6.07, 6.45) is 0.897. The Labute approximate surface area is 199 Å². The predicted molar refractivity (Wildman–Crippen MR) is 135 cm³/mol. The third-order valence-electron chi connectivity index (χ3n) is 5.16. The number of amides is 1. The van der Waals surface area contributed by atoms with Gasteiger partial charge in [0.25, 0.3) is 5.91 Å². The molecule has 0 aliphatic heterocycles. The van der Waals surface area contributed by atoms with Crippen LogP contribution in [-0.2, 0) is 11.4 Å². The summed E-state index contributed by atoms with van der Waals surface area (Å²) in [5.41, 5.74) is 6.70. The van der Waals surface area contributed by atoms with Crippen LogP contribution in [-0.4, -0.2) is 18.2 Å². The number of benzene rings is 4. The van der Waals surface area contributed by atoms with Crippen molar-refractivity contribution < 1.29 is 14.3 Å². The molecular weight excluding hydrogens is 424 g/mol. The number of carbonyl (C=O) groups excluding carboxylic acids is 1. The Hall–Kier alpha value is -4.38. The van der Waals surface area contributed by atoms with E-state index >= 15 is 0 Å². The maximum Gasteiger partial charge on any atom is 0.280 e. The second kappa shape index (κ2) is 11.5. The summed E-state index contributed by atoms with van der Waals surface area (Å²) in [5, 5.41) is 4.04. The van der Waals surface area contributed by atoms with Crippen LogP contribution in [0.3, 0.4) is 0 Å². The van der Waals surface area contributed by atoms with Gasteiger partial charge in [0.1, 0.15) is 18.1 Å². The van der Waals surface area contributed by atoms with Crippen LogP contribution >= 0.6 is 0 Å². The SMILES string of the molecule is C[C@@H](Oc1ccc(-c2ccccc2)cc1)C(=O)N/N=C\c1ccc(OCc2ccccc2)cc1. The van der Waals surface area contributed by atoms with Gasteiger partial charge in [0.05, 0.1) is 6.21 Å². The fraction of sp³-hybridized carbons (Fsp3) is 0.103. The molecule has 5 heteroatoms. The molecule has 0 fully saturated rings. The van der Waals surface area contributed by atoms with Crippen molar-refractivity contribution in [2.75, 3.05) is 0 Å². The lowest BCUT2D eigenvalue weighted by Crippen LogP contribution is -2.33. The maximum atomic E-state index is 12.3. The molecule has 0 unspecified atom stereocenters. The number of carbonyl (C=O) groups is 1. The number of rotatable bonds is 9. The van der Waals surface area contributed by atoms with Crippen LogP contribution in [0.5, 0.6) is 11.5 Å². The molecule has 0 spiro atoms. The highest BCUT2D eigenvalue weighted by atomic mass is 16.5. The van der Waals surface area contributed by atoms with E-state index in [4.69, 9.17) is 9.47 Å². The molecule has 34 heavy (non-hydrogen) atoms. The first-order valence-electron chi connectivity index (χ1n) is 11.1. The first-order chi connectivity index (χ1) is 16.7. The van der Waals surface area contributed by atoms with E-state index in [0.29, 0.717) is 12.4 Å². The highest BCUT2D eigenvalue weighted by molar-refractivity contribution is 5.84. The summed E-state index contributed by atoms with van der Waals surface area (Å²) in [6.45, 7) is 2.20. The summed E-state index contributed by atoms with van der Waals surface area (Å²) in [7, 11) is 0. The van der Waals surface area contributed by atoms with Crippen molar-refractivity contribution in [1.29, 1.82) is 0 Å². The third-order valence-corrected chi connectivity index (χ3v) is 5.16. The molecule has 170 valence electrons. The number of nitrogens with zero attached hydrogens (tertiary/aromatic N) is 1. The molecule has 1 atom stereocenters. The van der Waals surface area contributed by atoms with Crippen molar-refractivity contribution in [2.24, 2.45) is 5.10 Å². The smallest absolute Gasteiger partial charge is 0.280 e. The van der Waals surface area contributed by atoms with E-state index in [2.05, 4.69) is 22.7 Å². The molecule has 0 aliphatic rings. The monoisotopic (exact) mass is 450 g/mol. The molecule has 0 heterocycles. The standard InChI is InChI=1S/C29H26N2O3/c1-22(34-28-18-14-26(15-19-28)25-10-6-3-7-11-25)29(32)31-30-20-23-12-16-27(17-13-23)33-21-24-8-4-2-5-9-24/h2-20,22H,21H2,1H3,(H,31,32)/b30-20-/t22-/m1/s1. The first kappa shape index (κ1) is 22.8. The van der Waals surface area contributed by atoms with Crippen LogP contribution in [0.15, 0.2) is 114 Å². The number of hydrogen-bond donors (Lipinski definition) is 1. The Balaban J connectivity index is 1.23. The summed E-state index contributed by atoms with van der Waals surface area (Å²) < 4.78 is 11.5. The van der Waals surface area contributed by atoms with E-state index in [0.717, 1.165) is 28.0 Å². The van der Waals surface area contributed by atoms with Gasteiger partial charge in [0.2, 0.25) is 0 Å². The first-order valence-corrected chi connectivity index (χ1v) is 11.1. The van der Waals surface area contributed by atoms with Gasteiger partial charge in [-0.1, -0.05) is 72.8 Å². The van der Waals surface area contributed by atoms with Gasteiger partial charge >= 0.3 is 0 Å². The molecule has 5 nitrogen and oxygen atoms in total. The molecular formula is C29H26N2O3. The van der Waals surface area contributed by atoms with Gasteiger partial charge in [-0.25, -0.2) is 5.43 Å². The second-order valence-corrected chi connectivity index (χ2v) is 7.73. The molecule has 0 aromatic heterocycles. The second-order valence-electron chi connectivity index (χ2n) is 7.73. The van der Waals surface area contributed by atoms with Gasteiger partial charge in [-0.05, 0) is 65.6 Å². The largest absolute Gasteiger partial charge is 0.489 e. The lowest BCUT2D eigenvalue weighted by atomic mass is 10.1. The van der Waals surface area contributed by atoms with Crippen molar-refractivity contribution in [2.45, 2.75) is 19.6 Å². The molecule has 4 rings (SSSR count). The van der Waals surface area contributed by atoms with Crippen LogP contribution in [0.25, 0.3) is 11.1 Å². The minimum Gasteiger partial charge on any atom is -0.489 e. The molecule has 1 N–H and O–H groups in total. The Bertz CT molecular complexity index is 1210. The van der Waals surface area contributed by atoms with E-state index in [1.165, 1.54) is 0 Å². The Kier molecular flexibility index (Phi) is 7.70. The Morgan fingerprint density at radius 1 is 0.794 bits per heavy atom. The minimum absolute atomic E-state index is 0.328. The molecule has 4 aromatic carbocycles. The minimum atomic E-state index is -0.687. The normalized spacial score (nSPS) is 11.7. The van der Waals surface area contributed by atoms with Crippen molar-refractivity contribution >= 4 is 12.1 Å². The summed E-state index contributed by atoms with van der Waals surface area (Å²) >= 11 is 0. The average Bonchev–Trinajstić information content (AvgIpc) is 2.89. The number of ether oxygens (including phenoxy) is 2. The highest BCUT2D eigenvalue weighted by Crippen LogP contribution is 2.22. The van der Waals surface area contributed by atoms with Crippen molar-refractivity contribution in [3.05, 3.63) is 120 Å². The average molecular weight is 451 g/mol.